The van der Waals surface area contributed by atoms with Gasteiger partial charge in [0.1, 0.15) is 0 Å². The highest BCUT2D eigenvalue weighted by Crippen LogP contribution is 2.07. The molecule has 0 unspecified atom stereocenters. The van der Waals surface area contributed by atoms with E-state index in [0.29, 0.717) is 0 Å². The van der Waals surface area contributed by atoms with Gasteiger partial charge in [0.2, 0.25) is 0 Å². The summed E-state index contributed by atoms with van der Waals surface area (Å²) in [5.41, 5.74) is 0.748. The molecule has 0 bridgehead atoms. The second-order valence-electron chi connectivity index (χ2n) is 2.29. The van der Waals surface area contributed by atoms with Gasteiger partial charge in [-0.15, -0.1) is 12.6 Å². The van der Waals surface area contributed by atoms with E-state index >= 15 is 0 Å². The zero-order valence-electron chi connectivity index (χ0n) is 7.07. The quantitative estimate of drug-likeness (QED) is 0.383. The average Bonchev–Trinajstić information content (AvgIpc) is 2.14. The van der Waals surface area contributed by atoms with Crippen molar-refractivity contribution in [3.63, 3.8) is 0 Å². The summed E-state index contributed by atoms with van der Waals surface area (Å²) in [6, 6.07) is 7.24. The van der Waals surface area contributed by atoms with Crippen molar-refractivity contribution in [2.45, 2.75) is 4.90 Å². The summed E-state index contributed by atoms with van der Waals surface area (Å²) in [5, 5.41) is 0. The Morgan fingerprint density at radius 3 is 2.92 bits per heavy atom. The van der Waals surface area contributed by atoms with Gasteiger partial charge in [-0.25, -0.2) is 4.79 Å². The summed E-state index contributed by atoms with van der Waals surface area (Å²) in [4.78, 5) is 11.5. The number of esters is 1. The Balaban J connectivity index is 2.83. The van der Waals surface area contributed by atoms with Crippen LogP contribution < -0.4 is 0 Å². The minimum atomic E-state index is -0.537. The number of thiol groups is 1. The minimum absolute atomic E-state index is 0.537. The molecule has 0 aliphatic carbocycles. The monoisotopic (exact) mass is 192 g/mol. The molecule has 0 N–H and O–H groups in total. The third-order valence-corrected chi connectivity index (χ3v) is 1.62. The Morgan fingerprint density at radius 2 is 2.31 bits per heavy atom. The van der Waals surface area contributed by atoms with Crippen molar-refractivity contribution in [1.82, 2.24) is 0 Å². The summed E-state index contributed by atoms with van der Waals surface area (Å²) in [7, 11) is 1.30. The van der Waals surface area contributed by atoms with Gasteiger partial charge in [-0.1, -0.05) is 12.0 Å². The van der Waals surface area contributed by atoms with Crippen molar-refractivity contribution in [1.29, 1.82) is 0 Å². The molecule has 0 saturated heterocycles. The maximum absolute atomic E-state index is 10.7. The van der Waals surface area contributed by atoms with Crippen LogP contribution in [0.5, 0.6) is 0 Å². The molecule has 0 aliphatic rings. The van der Waals surface area contributed by atoms with E-state index in [1.54, 1.807) is 12.1 Å². The van der Waals surface area contributed by atoms with E-state index in [2.05, 4.69) is 29.2 Å². The van der Waals surface area contributed by atoms with Crippen LogP contribution in [0.1, 0.15) is 5.56 Å². The van der Waals surface area contributed by atoms with Crippen molar-refractivity contribution in [2.75, 3.05) is 7.11 Å². The first-order chi connectivity index (χ1) is 6.22. The molecule has 0 fully saturated rings. The topological polar surface area (TPSA) is 26.3 Å². The maximum Gasteiger partial charge on any atom is 0.384 e. The Hall–Kier alpha value is -1.40. The predicted molar refractivity (Wildman–Crippen MR) is 52.6 cm³/mol. The molecular formula is C10H8O2S. The molecule has 1 aromatic rings. The number of carbonyl (C=O) groups excluding carboxylic acids is 1. The second kappa shape index (κ2) is 4.58. The maximum atomic E-state index is 10.7. The Morgan fingerprint density at radius 1 is 1.54 bits per heavy atom. The standard InChI is InChI=1S/C10H8O2S/c1-12-10(11)6-5-8-3-2-4-9(13)7-8/h2-4,7,13H,1H3. The third-order valence-electron chi connectivity index (χ3n) is 1.34. The second-order valence-corrected chi connectivity index (χ2v) is 2.81. The summed E-state index contributed by atoms with van der Waals surface area (Å²) in [6.07, 6.45) is 0. The van der Waals surface area contributed by atoms with Crippen LogP contribution in [0.4, 0.5) is 0 Å². The van der Waals surface area contributed by atoms with Crippen LogP contribution in [0.25, 0.3) is 0 Å². The van der Waals surface area contributed by atoms with Gasteiger partial charge in [0.15, 0.2) is 0 Å². The molecule has 2 nitrogen and oxygen atoms in total. The van der Waals surface area contributed by atoms with Gasteiger partial charge < -0.3 is 4.74 Å². The van der Waals surface area contributed by atoms with Crippen molar-refractivity contribution >= 4 is 18.6 Å². The Labute approximate surface area is 82.3 Å². The van der Waals surface area contributed by atoms with Gasteiger partial charge in [0.25, 0.3) is 0 Å². The van der Waals surface area contributed by atoms with Crippen LogP contribution in [-0.2, 0) is 9.53 Å². The lowest BCUT2D eigenvalue weighted by Gasteiger charge is -1.91. The van der Waals surface area contributed by atoms with Crippen LogP contribution >= 0.6 is 12.6 Å². The van der Waals surface area contributed by atoms with Crippen molar-refractivity contribution in [2.24, 2.45) is 0 Å². The van der Waals surface area contributed by atoms with E-state index in [1.165, 1.54) is 7.11 Å². The van der Waals surface area contributed by atoms with E-state index in [9.17, 15) is 4.79 Å². The summed E-state index contributed by atoms with van der Waals surface area (Å²) in [5.74, 6) is 4.46. The number of hydrogen-bond acceptors (Lipinski definition) is 3. The number of methoxy groups -OCH3 is 1. The first-order valence-electron chi connectivity index (χ1n) is 3.61. The minimum Gasteiger partial charge on any atom is -0.459 e. The normalized spacial score (nSPS) is 8.46. The van der Waals surface area contributed by atoms with E-state index < -0.39 is 5.97 Å². The zero-order valence-corrected chi connectivity index (χ0v) is 7.97. The molecule has 0 saturated carbocycles. The SMILES string of the molecule is COC(=O)C#Cc1cccc(S)c1. The van der Waals surface area contributed by atoms with Gasteiger partial charge in [0, 0.05) is 16.4 Å². The van der Waals surface area contributed by atoms with Crippen LogP contribution in [-0.4, -0.2) is 13.1 Å². The average molecular weight is 192 g/mol. The van der Waals surface area contributed by atoms with E-state index in [-0.39, 0.29) is 0 Å². The number of hydrogen-bond donors (Lipinski definition) is 1. The van der Waals surface area contributed by atoms with Crippen LogP contribution in [0, 0.1) is 11.8 Å². The number of rotatable bonds is 0. The van der Waals surface area contributed by atoms with E-state index in [4.69, 9.17) is 0 Å². The highest BCUT2D eigenvalue weighted by molar-refractivity contribution is 7.80. The molecule has 13 heavy (non-hydrogen) atoms. The van der Waals surface area contributed by atoms with Gasteiger partial charge in [-0.3, -0.25) is 0 Å². The van der Waals surface area contributed by atoms with Crippen molar-refractivity contribution < 1.29 is 9.53 Å². The predicted octanol–water partition coefficient (Wildman–Crippen LogP) is 1.50. The van der Waals surface area contributed by atoms with E-state index in [1.807, 2.05) is 12.1 Å². The molecular weight excluding hydrogens is 184 g/mol. The molecule has 3 heteroatoms. The highest BCUT2D eigenvalue weighted by atomic mass is 32.1. The molecule has 0 spiro atoms. The number of ether oxygens (including phenoxy) is 1. The first kappa shape index (κ1) is 9.69. The van der Waals surface area contributed by atoms with Crippen molar-refractivity contribution in [3.05, 3.63) is 29.8 Å². The van der Waals surface area contributed by atoms with Gasteiger partial charge >= 0.3 is 5.97 Å². The lowest BCUT2D eigenvalue weighted by atomic mass is 10.2. The lowest BCUT2D eigenvalue weighted by Crippen LogP contribution is -1.94. The molecule has 1 rings (SSSR count). The van der Waals surface area contributed by atoms with Crippen LogP contribution in [0.3, 0.4) is 0 Å². The van der Waals surface area contributed by atoms with E-state index in [0.717, 1.165) is 10.5 Å². The van der Waals surface area contributed by atoms with Crippen molar-refractivity contribution in [3.8, 4) is 11.8 Å². The lowest BCUT2D eigenvalue weighted by molar-refractivity contribution is -0.133. The number of benzene rings is 1. The molecule has 0 aromatic heterocycles. The fraction of sp³-hybridized carbons (Fsp3) is 0.100. The van der Waals surface area contributed by atoms with Gasteiger partial charge in [-0.2, -0.15) is 0 Å². The smallest absolute Gasteiger partial charge is 0.384 e. The van der Waals surface area contributed by atoms with Gasteiger partial charge in [0.05, 0.1) is 7.11 Å². The molecule has 0 heterocycles. The first-order valence-corrected chi connectivity index (χ1v) is 4.06. The Kier molecular flexibility index (Phi) is 3.41. The van der Waals surface area contributed by atoms with Gasteiger partial charge in [-0.05, 0) is 18.2 Å². The molecule has 0 amide bonds. The summed E-state index contributed by atoms with van der Waals surface area (Å²) >= 11 is 4.14. The molecule has 66 valence electrons. The fourth-order valence-electron chi connectivity index (χ4n) is 0.758. The molecule has 0 radical (unpaired) electrons. The zero-order chi connectivity index (χ0) is 9.68. The summed E-state index contributed by atoms with van der Waals surface area (Å²) in [6.45, 7) is 0. The summed E-state index contributed by atoms with van der Waals surface area (Å²) < 4.78 is 4.37. The van der Waals surface area contributed by atoms with Crippen LogP contribution in [0.15, 0.2) is 29.2 Å². The molecule has 1 aromatic carbocycles. The van der Waals surface area contributed by atoms with Crippen LogP contribution in [0.2, 0.25) is 0 Å². The fourth-order valence-corrected chi connectivity index (χ4v) is 0.983. The largest absolute Gasteiger partial charge is 0.459 e. The Bertz CT molecular complexity index is 374. The molecule has 0 aliphatic heterocycles. The number of carbonyl (C=O) groups is 1. The highest BCUT2D eigenvalue weighted by Gasteiger charge is 1.91. The third kappa shape index (κ3) is 3.22. The molecule has 0 atom stereocenters.